The number of β-lactam (4-membered cyclic amide) rings is 1. The van der Waals surface area contributed by atoms with Gasteiger partial charge in [0.15, 0.2) is 16.7 Å². The highest BCUT2D eigenvalue weighted by atomic mass is 32.2. The number of aromatic nitrogens is 2. The minimum Gasteiger partial charge on any atom is -0.508 e. The second-order valence-corrected chi connectivity index (χ2v) is 15.3. The molecule has 5 heterocycles. The van der Waals surface area contributed by atoms with Crippen molar-refractivity contribution in [2.24, 2.45) is 0 Å². The number of carbonyl (C=O) groups excluding carboxylic acids is 4. The highest BCUT2D eigenvalue weighted by Crippen LogP contribution is 2.41. The number of thiazole rings is 1. The molecular weight excluding hydrogens is 713 g/mol. The topological polar surface area (TPSA) is 173 Å². The predicted molar refractivity (Wildman–Crippen MR) is 192 cm³/mol. The fourth-order valence-corrected chi connectivity index (χ4v) is 9.19. The van der Waals surface area contributed by atoms with Gasteiger partial charge < -0.3 is 25.7 Å². The monoisotopic (exact) mass is 743 g/mol. The predicted octanol–water partition coefficient (Wildman–Crippen LogP) is 3.12. The number of rotatable bonds is 11. The Morgan fingerprint density at radius 1 is 1.04 bits per heavy atom. The summed E-state index contributed by atoms with van der Waals surface area (Å²) < 4.78 is 3.47. The zero-order chi connectivity index (χ0) is 35.6. The van der Waals surface area contributed by atoms with E-state index in [2.05, 4.69) is 15.6 Å². The maximum atomic E-state index is 13.4. The van der Waals surface area contributed by atoms with Crippen molar-refractivity contribution in [3.8, 4) is 5.75 Å². The molecule has 0 spiro atoms. The Labute approximate surface area is 304 Å². The van der Waals surface area contributed by atoms with Crippen molar-refractivity contribution in [1.82, 2.24) is 20.1 Å². The first-order valence-electron chi connectivity index (χ1n) is 15.9. The number of aromatic hydroxyl groups is 1. The van der Waals surface area contributed by atoms with Crippen LogP contribution in [0.25, 0.3) is 10.2 Å². The molecule has 3 aliphatic rings. The largest absolute Gasteiger partial charge is 0.508 e. The smallest absolute Gasteiger partial charge is 0.352 e. The van der Waals surface area contributed by atoms with Gasteiger partial charge >= 0.3 is 5.97 Å². The van der Waals surface area contributed by atoms with E-state index in [4.69, 9.17) is 0 Å². The van der Waals surface area contributed by atoms with Gasteiger partial charge in [0.1, 0.15) is 22.9 Å². The van der Waals surface area contributed by atoms with Gasteiger partial charge in [-0.25, -0.2) is 9.78 Å². The summed E-state index contributed by atoms with van der Waals surface area (Å²) in [6, 6.07) is 16.7. The van der Waals surface area contributed by atoms with E-state index in [1.54, 1.807) is 40.1 Å². The number of aliphatic carboxylic acids is 1. The van der Waals surface area contributed by atoms with Crippen molar-refractivity contribution in [2.75, 3.05) is 23.4 Å². The number of hydrogen-bond acceptors (Lipinski definition) is 10. The van der Waals surface area contributed by atoms with E-state index in [-0.39, 0.29) is 47.2 Å². The molecule has 2 fully saturated rings. The van der Waals surface area contributed by atoms with Gasteiger partial charge in [0.2, 0.25) is 18.4 Å². The summed E-state index contributed by atoms with van der Waals surface area (Å²) in [7, 11) is 0. The number of carboxylic acid groups (broad SMARTS) is 1. The molecule has 0 radical (unpaired) electrons. The molecule has 16 heteroatoms. The Kier molecular flexibility index (Phi) is 9.79. The van der Waals surface area contributed by atoms with Crippen LogP contribution in [-0.4, -0.2) is 84.1 Å². The van der Waals surface area contributed by atoms with E-state index >= 15 is 0 Å². The summed E-state index contributed by atoms with van der Waals surface area (Å²) in [5.41, 5.74) is 2.96. The standard InChI is InChI=1S/C35H30N6O7S3/c42-24-7-5-23(6-8-24)36-27(43)17-39-12-9-20(10-13-39)16-40-14-11-21(31(40)45)15-22-18-49-33-29(32(46)41(33)30(22)34(47)48)38-28(44)19-50-35-37-25-3-1-2-4-26(25)51-35/h1-10,12-13,15,29,33H,11,14,16-19H2,(H3-,36,38,42,43,44,47,48)/p+1. The van der Waals surface area contributed by atoms with Crippen molar-refractivity contribution < 1.29 is 38.8 Å². The number of anilines is 1. The van der Waals surface area contributed by atoms with Gasteiger partial charge in [0.25, 0.3) is 11.8 Å². The number of hydrogen-bond donors (Lipinski definition) is 4. The van der Waals surface area contributed by atoms with Gasteiger partial charge in [0.05, 0.1) is 16.0 Å². The number of likely N-dealkylation sites (tertiary alicyclic amines) is 1. The zero-order valence-electron chi connectivity index (χ0n) is 26.9. The van der Waals surface area contributed by atoms with Crippen LogP contribution in [0.4, 0.5) is 5.69 Å². The lowest BCUT2D eigenvalue weighted by Crippen LogP contribution is -2.70. The third-order valence-corrected chi connectivity index (χ3v) is 12.0. The van der Waals surface area contributed by atoms with E-state index in [1.807, 2.05) is 36.4 Å². The number of carbonyl (C=O) groups is 5. The fraction of sp³-hybridized carbons (Fsp3) is 0.229. The van der Waals surface area contributed by atoms with Crippen LogP contribution in [0, 0.1) is 0 Å². The summed E-state index contributed by atoms with van der Waals surface area (Å²) in [6.45, 7) is 0.862. The molecule has 4 amide bonds. The number of nitrogens with one attached hydrogen (secondary N) is 2. The van der Waals surface area contributed by atoms with Crippen LogP contribution in [0.1, 0.15) is 12.0 Å². The first kappa shape index (κ1) is 34.3. The third kappa shape index (κ3) is 7.48. The number of thioether (sulfide) groups is 2. The first-order chi connectivity index (χ1) is 24.6. The number of phenolic OH excluding ortho intramolecular Hbond substituents is 1. The number of pyridine rings is 1. The normalized spacial score (nSPS) is 19.3. The molecule has 260 valence electrons. The lowest BCUT2D eigenvalue weighted by Gasteiger charge is -2.49. The Hall–Kier alpha value is -5.19. The summed E-state index contributed by atoms with van der Waals surface area (Å²) in [5.74, 6) is -2.12. The number of carboxylic acids is 1. The summed E-state index contributed by atoms with van der Waals surface area (Å²) in [4.78, 5) is 71.5. The van der Waals surface area contributed by atoms with Crippen LogP contribution in [-0.2, 0) is 37.1 Å². The van der Waals surface area contributed by atoms with Crippen LogP contribution in [0.3, 0.4) is 0 Å². The molecule has 51 heavy (non-hydrogen) atoms. The molecule has 2 saturated heterocycles. The van der Waals surface area contributed by atoms with Crippen molar-refractivity contribution in [3.63, 3.8) is 0 Å². The van der Waals surface area contributed by atoms with Crippen molar-refractivity contribution in [1.29, 1.82) is 0 Å². The minimum absolute atomic E-state index is 0.0702. The van der Waals surface area contributed by atoms with E-state index in [0.717, 1.165) is 20.1 Å². The average molecular weight is 744 g/mol. The second kappa shape index (κ2) is 14.6. The van der Waals surface area contributed by atoms with E-state index < -0.39 is 23.3 Å². The van der Waals surface area contributed by atoms with E-state index in [9.17, 15) is 34.2 Å². The van der Waals surface area contributed by atoms with Crippen molar-refractivity contribution >= 4 is 80.4 Å². The number of benzene rings is 2. The molecular formula is C35H31N6O7S3+. The summed E-state index contributed by atoms with van der Waals surface area (Å²) >= 11 is 4.12. The van der Waals surface area contributed by atoms with Gasteiger partial charge in [-0.1, -0.05) is 23.9 Å². The molecule has 2 unspecified atom stereocenters. The lowest BCUT2D eigenvalue weighted by molar-refractivity contribution is -0.684. The summed E-state index contributed by atoms with van der Waals surface area (Å²) in [5, 5.41) is 24.5. The number of phenols is 1. The Bertz CT molecular complexity index is 2080. The first-order valence-corrected chi connectivity index (χ1v) is 18.7. The Morgan fingerprint density at radius 3 is 2.55 bits per heavy atom. The highest BCUT2D eigenvalue weighted by Gasteiger charge is 2.54. The maximum Gasteiger partial charge on any atom is 0.352 e. The number of para-hydroxylation sites is 1. The number of allylic oxidation sites excluding steroid dienone is 1. The van der Waals surface area contributed by atoms with Crippen molar-refractivity contribution in [2.45, 2.75) is 35.3 Å². The molecule has 0 saturated carbocycles. The maximum absolute atomic E-state index is 13.4. The van der Waals surface area contributed by atoms with Crippen molar-refractivity contribution in [3.05, 3.63) is 102 Å². The van der Waals surface area contributed by atoms with Crippen LogP contribution in [0.15, 0.2) is 100 Å². The quantitative estimate of drug-likeness (QED) is 0.0588. The average Bonchev–Trinajstić information content (AvgIpc) is 3.70. The molecule has 7 rings (SSSR count). The number of amides is 4. The van der Waals surface area contributed by atoms with E-state index in [0.29, 0.717) is 36.3 Å². The fourth-order valence-electron chi connectivity index (χ4n) is 6.00. The Balaban J connectivity index is 0.940. The van der Waals surface area contributed by atoms with Crippen LogP contribution < -0.4 is 15.2 Å². The second-order valence-electron chi connectivity index (χ2n) is 12.0. The number of fused-ring (bicyclic) bond motifs is 2. The molecule has 2 atom stereocenters. The zero-order valence-corrected chi connectivity index (χ0v) is 29.3. The van der Waals surface area contributed by atoms with Crippen LogP contribution in [0.2, 0.25) is 0 Å². The van der Waals surface area contributed by atoms with Gasteiger partial charge in [-0.2, -0.15) is 4.57 Å². The van der Waals surface area contributed by atoms with Crippen LogP contribution >= 0.6 is 34.9 Å². The number of nitrogens with zero attached hydrogens (tertiary/aromatic N) is 4. The molecule has 0 aliphatic carbocycles. The molecule has 2 aromatic carbocycles. The summed E-state index contributed by atoms with van der Waals surface area (Å²) in [6.07, 6.45) is 5.52. The molecule has 13 nitrogen and oxygen atoms in total. The molecule has 0 bridgehead atoms. The highest BCUT2D eigenvalue weighted by molar-refractivity contribution is 8.01. The third-order valence-electron chi connectivity index (χ3n) is 8.49. The molecule has 3 aliphatic heterocycles. The minimum atomic E-state index is -1.27. The molecule has 2 aromatic heterocycles. The van der Waals surface area contributed by atoms with Gasteiger partial charge in [-0.05, 0) is 60.0 Å². The molecule has 4 aromatic rings. The van der Waals surface area contributed by atoms with Gasteiger partial charge in [-0.3, -0.25) is 24.1 Å². The Morgan fingerprint density at radius 2 is 1.80 bits per heavy atom. The SMILES string of the molecule is O=C(C[n+]1ccc(CN2CCC(=CC3=C(C(=O)O)N4C(=O)C(NC(=O)CSc5nc6ccccc6s5)C4SC3)C2=O)cc1)Nc1ccc(O)cc1. The lowest BCUT2D eigenvalue weighted by atomic mass is 10.0. The van der Waals surface area contributed by atoms with Crippen LogP contribution in [0.5, 0.6) is 5.75 Å². The van der Waals surface area contributed by atoms with E-state index in [1.165, 1.54) is 51.9 Å². The van der Waals surface area contributed by atoms with Gasteiger partial charge in [-0.15, -0.1) is 23.1 Å². The van der Waals surface area contributed by atoms with Gasteiger partial charge in [0, 0.05) is 42.2 Å². The molecule has 4 N–H and O–H groups in total.